The Bertz CT molecular complexity index is 2030. The molecule has 0 unspecified atom stereocenters. The second-order valence-electron chi connectivity index (χ2n) is 11.5. The van der Waals surface area contributed by atoms with Crippen LogP contribution >= 0.6 is 0 Å². The summed E-state index contributed by atoms with van der Waals surface area (Å²) in [5.74, 6) is -0.334. The Morgan fingerprint density at radius 3 is 2.23 bits per heavy atom. The van der Waals surface area contributed by atoms with Crippen LogP contribution in [0.5, 0.6) is 17.2 Å². The van der Waals surface area contributed by atoms with E-state index in [9.17, 15) is 4.79 Å². The summed E-state index contributed by atoms with van der Waals surface area (Å²) in [6.07, 6.45) is 2.60. The molecule has 6 aromatic rings. The molecule has 10 nitrogen and oxygen atoms in total. The van der Waals surface area contributed by atoms with Gasteiger partial charge in [-0.3, -0.25) is 4.79 Å². The van der Waals surface area contributed by atoms with Gasteiger partial charge in [0.2, 0.25) is 11.5 Å². The average molecular weight is 635 g/mol. The van der Waals surface area contributed by atoms with Gasteiger partial charge in [0.15, 0.2) is 11.6 Å². The number of imidazole rings is 1. The zero-order valence-electron chi connectivity index (χ0n) is 25.7. The Kier molecular flexibility index (Phi) is 8.05. The van der Waals surface area contributed by atoms with Gasteiger partial charge in [-0.2, -0.15) is 0 Å². The van der Waals surface area contributed by atoms with Crippen molar-refractivity contribution in [1.82, 2.24) is 14.7 Å². The monoisotopic (exact) mass is 634 g/mol. The van der Waals surface area contributed by atoms with E-state index in [4.69, 9.17) is 28.5 Å². The molecular formula is C36H31FN4O6. The van der Waals surface area contributed by atoms with E-state index in [1.807, 2.05) is 78.2 Å². The van der Waals surface area contributed by atoms with Gasteiger partial charge in [0.05, 0.1) is 54.2 Å². The van der Waals surface area contributed by atoms with Crippen molar-refractivity contribution in [2.45, 2.75) is 25.7 Å². The van der Waals surface area contributed by atoms with E-state index in [1.165, 1.54) is 19.6 Å². The number of benzene rings is 4. The highest BCUT2D eigenvalue weighted by molar-refractivity contribution is 6.04. The number of halogens is 1. The first-order chi connectivity index (χ1) is 22.9. The van der Waals surface area contributed by atoms with Crippen LogP contribution in [-0.2, 0) is 23.5 Å². The number of fused-ring (bicyclic) bond motifs is 1. The first-order valence-electron chi connectivity index (χ1n) is 15.0. The van der Waals surface area contributed by atoms with E-state index in [2.05, 4.69) is 10.5 Å². The predicted molar refractivity (Wildman–Crippen MR) is 172 cm³/mol. The number of nitrogens with one attached hydrogen (secondary N) is 1. The predicted octanol–water partition coefficient (Wildman–Crippen LogP) is 6.99. The quantitative estimate of drug-likeness (QED) is 0.162. The van der Waals surface area contributed by atoms with Crippen LogP contribution in [0.15, 0.2) is 102 Å². The lowest BCUT2D eigenvalue weighted by molar-refractivity contribution is -0.0868. The van der Waals surface area contributed by atoms with Crippen LogP contribution in [0.4, 0.5) is 10.1 Å². The van der Waals surface area contributed by atoms with Crippen molar-refractivity contribution in [2.75, 3.05) is 25.6 Å². The minimum atomic E-state index is -0.647. The summed E-state index contributed by atoms with van der Waals surface area (Å²) in [7, 11) is 1.50. The molecule has 1 aliphatic rings. The first-order valence-corrected chi connectivity index (χ1v) is 15.0. The van der Waals surface area contributed by atoms with Crippen molar-refractivity contribution < 1.29 is 32.7 Å². The van der Waals surface area contributed by atoms with Crippen LogP contribution in [0, 0.1) is 5.82 Å². The van der Waals surface area contributed by atoms with E-state index in [0.29, 0.717) is 30.2 Å². The fraction of sp³-hybridized carbons (Fsp3) is 0.194. The van der Waals surface area contributed by atoms with Gasteiger partial charge in [0.25, 0.3) is 5.91 Å². The molecule has 11 heteroatoms. The average Bonchev–Trinajstić information content (AvgIpc) is 3.76. The van der Waals surface area contributed by atoms with Gasteiger partial charge in [-0.1, -0.05) is 65.8 Å². The van der Waals surface area contributed by atoms with E-state index in [0.717, 1.165) is 16.6 Å². The molecule has 7 rings (SSSR count). The summed E-state index contributed by atoms with van der Waals surface area (Å²) < 4.78 is 47.5. The number of carbonyl (C=O) groups is 1. The molecule has 2 aromatic heterocycles. The minimum Gasteiger partial charge on any atom is -0.493 e. The Balaban J connectivity index is 1.34. The molecule has 0 radical (unpaired) electrons. The molecule has 3 heterocycles. The third kappa shape index (κ3) is 5.88. The zero-order valence-corrected chi connectivity index (χ0v) is 25.7. The van der Waals surface area contributed by atoms with Crippen molar-refractivity contribution in [1.29, 1.82) is 0 Å². The van der Waals surface area contributed by atoms with E-state index >= 15 is 4.39 Å². The molecule has 0 atom stereocenters. The highest BCUT2D eigenvalue weighted by atomic mass is 19.1. The maximum Gasteiger partial charge on any atom is 0.260 e. The molecule has 1 N–H and O–H groups in total. The molecule has 1 saturated heterocycles. The van der Waals surface area contributed by atoms with Gasteiger partial charge in [0.1, 0.15) is 25.3 Å². The summed E-state index contributed by atoms with van der Waals surface area (Å²) >= 11 is 0. The van der Waals surface area contributed by atoms with Crippen LogP contribution in [0.1, 0.15) is 28.4 Å². The van der Waals surface area contributed by atoms with E-state index in [1.54, 1.807) is 18.2 Å². The van der Waals surface area contributed by atoms with Crippen LogP contribution < -0.4 is 19.5 Å². The number of methoxy groups -OCH3 is 1. The largest absolute Gasteiger partial charge is 0.493 e. The van der Waals surface area contributed by atoms with Gasteiger partial charge in [-0.25, -0.2) is 9.37 Å². The molecule has 1 fully saturated rings. The summed E-state index contributed by atoms with van der Waals surface area (Å²) in [5.41, 5.74) is 3.49. The number of anilines is 1. The number of hydrogen-bond donors (Lipinski definition) is 1. The lowest BCUT2D eigenvalue weighted by Gasteiger charge is -2.40. The van der Waals surface area contributed by atoms with Gasteiger partial charge in [0, 0.05) is 5.69 Å². The van der Waals surface area contributed by atoms with Crippen LogP contribution in [0.25, 0.3) is 22.4 Å². The fourth-order valence-corrected chi connectivity index (χ4v) is 5.57. The summed E-state index contributed by atoms with van der Waals surface area (Å²) in [6.45, 7) is 3.12. The van der Waals surface area contributed by atoms with Crippen LogP contribution in [-0.4, -0.2) is 40.9 Å². The van der Waals surface area contributed by atoms with Crippen LogP contribution in [0.3, 0.4) is 0 Å². The Morgan fingerprint density at radius 2 is 1.64 bits per heavy atom. The maximum absolute atomic E-state index is 17.0. The fourth-order valence-electron chi connectivity index (χ4n) is 5.57. The molecule has 4 aromatic carbocycles. The third-order valence-electron chi connectivity index (χ3n) is 8.03. The smallest absolute Gasteiger partial charge is 0.260 e. The van der Waals surface area contributed by atoms with Crippen molar-refractivity contribution in [3.63, 3.8) is 0 Å². The number of ether oxygens (including phenoxy) is 4. The SMILES string of the molecule is COc1cc(-c2nc3cc(NC(=O)c4cnoc4)ccc3n2C2(C)COC2)c(F)c(OCc2ccccc2)c1OCc1ccccc1. The third-order valence-corrected chi connectivity index (χ3v) is 8.03. The molecule has 47 heavy (non-hydrogen) atoms. The molecule has 1 aliphatic heterocycles. The second-order valence-corrected chi connectivity index (χ2v) is 11.5. The van der Waals surface area contributed by atoms with Crippen molar-refractivity contribution in [3.8, 4) is 28.6 Å². The number of aromatic nitrogens is 3. The Morgan fingerprint density at radius 1 is 0.957 bits per heavy atom. The number of amides is 1. The van der Waals surface area contributed by atoms with Gasteiger partial charge in [-0.05, 0) is 42.3 Å². The lowest BCUT2D eigenvalue weighted by atomic mass is 9.98. The van der Waals surface area contributed by atoms with E-state index < -0.39 is 11.4 Å². The number of carbonyl (C=O) groups excluding carboxylic acids is 1. The number of rotatable bonds is 11. The molecular weight excluding hydrogens is 603 g/mol. The molecule has 0 bridgehead atoms. The summed E-state index contributed by atoms with van der Waals surface area (Å²) in [5, 5.41) is 6.42. The van der Waals surface area contributed by atoms with Crippen molar-refractivity contribution in [3.05, 3.63) is 120 Å². The summed E-state index contributed by atoms with van der Waals surface area (Å²) in [4.78, 5) is 17.6. The Labute approximate surface area is 269 Å². The van der Waals surface area contributed by atoms with Gasteiger partial charge >= 0.3 is 0 Å². The normalized spacial score (nSPS) is 13.6. The topological polar surface area (TPSA) is 110 Å². The highest BCUT2D eigenvalue weighted by Crippen LogP contribution is 2.47. The number of nitrogens with zero attached hydrogens (tertiary/aromatic N) is 3. The van der Waals surface area contributed by atoms with Crippen molar-refractivity contribution >= 4 is 22.6 Å². The molecule has 0 aliphatic carbocycles. The van der Waals surface area contributed by atoms with E-state index in [-0.39, 0.29) is 47.5 Å². The molecule has 0 spiro atoms. The van der Waals surface area contributed by atoms with Crippen molar-refractivity contribution in [2.24, 2.45) is 0 Å². The maximum atomic E-state index is 17.0. The summed E-state index contributed by atoms with van der Waals surface area (Å²) in [6, 6.07) is 26.0. The molecule has 1 amide bonds. The molecule has 0 saturated carbocycles. The van der Waals surface area contributed by atoms with Crippen LogP contribution in [0.2, 0.25) is 0 Å². The molecule has 238 valence electrons. The first kappa shape index (κ1) is 30.0. The zero-order chi connectivity index (χ0) is 32.4. The lowest BCUT2D eigenvalue weighted by Crippen LogP contribution is -2.49. The number of hydrogen-bond acceptors (Lipinski definition) is 8. The van der Waals surface area contributed by atoms with Gasteiger partial charge in [-0.15, -0.1) is 0 Å². The highest BCUT2D eigenvalue weighted by Gasteiger charge is 2.40. The standard InChI is InChI=1S/C36H31FN4O6/c1-36(21-44-22-36)41-29-14-13-26(39-35(42)25-17-38-47-20-25)15-28(29)40-34(41)27-16-30(43-2)32(45-18-23-9-5-3-6-10-23)33(31(27)37)46-19-24-11-7-4-8-12-24/h3-17,20H,18-19,21-22H2,1-2H3,(H,39,42). The second kappa shape index (κ2) is 12.6. The Hall–Kier alpha value is -5.68. The van der Waals surface area contributed by atoms with Gasteiger partial charge < -0.3 is 33.4 Å². The minimum absolute atomic E-state index is 0.0885.